The minimum Gasteiger partial charge on any atom is -0.300 e. The molecule has 0 aromatic carbocycles. The molecule has 0 heterocycles. The van der Waals surface area contributed by atoms with E-state index in [1.165, 1.54) is 0 Å². The van der Waals surface area contributed by atoms with Gasteiger partial charge in [-0.2, -0.15) is 13.2 Å². The lowest BCUT2D eigenvalue weighted by molar-refractivity contribution is -0.173. The number of rotatable bonds is 0. The summed E-state index contributed by atoms with van der Waals surface area (Å²) in [5.41, 5.74) is 0. The Morgan fingerprint density at radius 1 is 1.40 bits per heavy atom. The molecular weight excluding hydrogens is 145 g/mol. The monoisotopic (exact) mass is 152 g/mol. The Kier molecular flexibility index (Phi) is 1.70. The van der Waals surface area contributed by atoms with Crippen molar-refractivity contribution < 1.29 is 18.0 Å². The minimum absolute atomic E-state index is 0.0116. The lowest BCUT2D eigenvalue weighted by Gasteiger charge is -2.11. The first-order chi connectivity index (χ1) is 4.50. The maximum atomic E-state index is 11.8. The molecule has 0 bridgehead atoms. The number of ketones is 1. The van der Waals surface area contributed by atoms with Gasteiger partial charge in [0, 0.05) is 12.8 Å². The van der Waals surface area contributed by atoms with Gasteiger partial charge in [-0.1, -0.05) is 0 Å². The standard InChI is InChI=1S/C6H7F3O/c7-6(8,9)4-1-2-5(10)3-4/h4H,1-3H2/t4-/m1/s1. The first-order valence-corrected chi connectivity index (χ1v) is 3.08. The zero-order chi connectivity index (χ0) is 7.78. The van der Waals surface area contributed by atoms with Gasteiger partial charge in [0.2, 0.25) is 0 Å². The fourth-order valence-corrected chi connectivity index (χ4v) is 1.09. The van der Waals surface area contributed by atoms with E-state index in [1.807, 2.05) is 0 Å². The van der Waals surface area contributed by atoms with Crippen molar-refractivity contribution in [1.29, 1.82) is 0 Å². The fraction of sp³-hybridized carbons (Fsp3) is 0.833. The first kappa shape index (κ1) is 7.57. The highest BCUT2D eigenvalue weighted by molar-refractivity contribution is 5.80. The maximum Gasteiger partial charge on any atom is 0.392 e. The number of carbonyl (C=O) groups is 1. The third-order valence-electron chi connectivity index (χ3n) is 1.71. The van der Waals surface area contributed by atoms with Crippen molar-refractivity contribution in [3.8, 4) is 0 Å². The van der Waals surface area contributed by atoms with Crippen molar-refractivity contribution in [2.75, 3.05) is 0 Å². The molecule has 1 saturated carbocycles. The van der Waals surface area contributed by atoms with Gasteiger partial charge >= 0.3 is 6.18 Å². The van der Waals surface area contributed by atoms with E-state index < -0.39 is 12.1 Å². The molecule has 1 aliphatic carbocycles. The second-order valence-corrected chi connectivity index (χ2v) is 2.52. The SMILES string of the molecule is O=C1CC[C@@H](C(F)(F)F)C1. The number of halogens is 3. The van der Waals surface area contributed by atoms with Crippen LogP contribution in [-0.2, 0) is 4.79 Å². The lowest BCUT2D eigenvalue weighted by Crippen LogP contribution is -2.19. The quantitative estimate of drug-likeness (QED) is 0.518. The summed E-state index contributed by atoms with van der Waals surface area (Å²) in [6.45, 7) is 0. The molecule has 0 saturated heterocycles. The number of alkyl halides is 3. The Morgan fingerprint density at radius 3 is 2.20 bits per heavy atom. The normalized spacial score (nSPS) is 27.5. The largest absolute Gasteiger partial charge is 0.392 e. The highest BCUT2D eigenvalue weighted by Gasteiger charge is 2.43. The van der Waals surface area contributed by atoms with Crippen LogP contribution in [0, 0.1) is 5.92 Å². The van der Waals surface area contributed by atoms with E-state index in [-0.39, 0.29) is 25.0 Å². The molecule has 0 aromatic rings. The zero-order valence-electron chi connectivity index (χ0n) is 5.24. The molecule has 0 aliphatic heterocycles. The van der Waals surface area contributed by atoms with E-state index in [4.69, 9.17) is 0 Å². The predicted molar refractivity (Wildman–Crippen MR) is 28.4 cm³/mol. The molecule has 0 aromatic heterocycles. The van der Waals surface area contributed by atoms with Gasteiger partial charge in [-0.25, -0.2) is 0 Å². The predicted octanol–water partition coefficient (Wildman–Crippen LogP) is 1.92. The van der Waals surface area contributed by atoms with E-state index in [2.05, 4.69) is 0 Å². The summed E-state index contributed by atoms with van der Waals surface area (Å²) >= 11 is 0. The topological polar surface area (TPSA) is 17.1 Å². The van der Waals surface area contributed by atoms with Crippen LogP contribution >= 0.6 is 0 Å². The lowest BCUT2D eigenvalue weighted by atomic mass is 10.1. The zero-order valence-corrected chi connectivity index (χ0v) is 5.24. The average molecular weight is 152 g/mol. The van der Waals surface area contributed by atoms with Gasteiger partial charge in [-0.3, -0.25) is 4.79 Å². The molecular formula is C6H7F3O. The molecule has 58 valence electrons. The van der Waals surface area contributed by atoms with Crippen molar-refractivity contribution >= 4 is 5.78 Å². The van der Waals surface area contributed by atoms with Crippen molar-refractivity contribution in [1.82, 2.24) is 0 Å². The molecule has 0 radical (unpaired) electrons. The van der Waals surface area contributed by atoms with Crippen LogP contribution in [0.2, 0.25) is 0 Å². The van der Waals surface area contributed by atoms with Crippen molar-refractivity contribution in [2.24, 2.45) is 5.92 Å². The van der Waals surface area contributed by atoms with Gasteiger partial charge in [0.1, 0.15) is 5.78 Å². The molecule has 1 fully saturated rings. The molecule has 4 heteroatoms. The molecule has 0 N–H and O–H groups in total. The molecule has 1 aliphatic rings. The van der Waals surface area contributed by atoms with Crippen LogP contribution in [0.4, 0.5) is 13.2 Å². The number of hydrogen-bond acceptors (Lipinski definition) is 1. The Morgan fingerprint density at radius 2 is 2.00 bits per heavy atom. The summed E-state index contributed by atoms with van der Waals surface area (Å²) in [7, 11) is 0. The van der Waals surface area contributed by atoms with E-state index in [0.29, 0.717) is 0 Å². The van der Waals surface area contributed by atoms with Crippen molar-refractivity contribution in [3.63, 3.8) is 0 Å². The molecule has 1 atom stereocenters. The van der Waals surface area contributed by atoms with Crippen LogP contribution in [-0.4, -0.2) is 12.0 Å². The number of hydrogen-bond donors (Lipinski definition) is 0. The number of Topliss-reactive ketones (excluding diaryl/α,β-unsaturated/α-hetero) is 1. The Labute approximate surface area is 56.2 Å². The Hall–Kier alpha value is -0.540. The summed E-state index contributed by atoms with van der Waals surface area (Å²) in [6, 6.07) is 0. The van der Waals surface area contributed by atoms with Gasteiger partial charge < -0.3 is 0 Å². The van der Waals surface area contributed by atoms with Crippen LogP contribution < -0.4 is 0 Å². The van der Waals surface area contributed by atoms with Crippen LogP contribution in [0.25, 0.3) is 0 Å². The third kappa shape index (κ3) is 1.49. The highest BCUT2D eigenvalue weighted by Crippen LogP contribution is 2.36. The van der Waals surface area contributed by atoms with Crippen LogP contribution in [0.15, 0.2) is 0 Å². The summed E-state index contributed by atoms with van der Waals surface area (Å²) in [6.07, 6.45) is -4.37. The minimum atomic E-state index is -4.16. The molecule has 1 rings (SSSR count). The second-order valence-electron chi connectivity index (χ2n) is 2.52. The smallest absolute Gasteiger partial charge is 0.300 e. The fourth-order valence-electron chi connectivity index (χ4n) is 1.09. The van der Waals surface area contributed by atoms with Crippen molar-refractivity contribution in [3.05, 3.63) is 0 Å². The van der Waals surface area contributed by atoms with Crippen LogP contribution in [0.1, 0.15) is 19.3 Å². The first-order valence-electron chi connectivity index (χ1n) is 3.08. The van der Waals surface area contributed by atoms with Gasteiger partial charge in [-0.05, 0) is 6.42 Å². The number of carbonyl (C=O) groups excluding carboxylic acids is 1. The summed E-state index contributed by atoms with van der Waals surface area (Å²) in [5.74, 6) is -1.62. The van der Waals surface area contributed by atoms with Gasteiger partial charge in [-0.15, -0.1) is 0 Å². The van der Waals surface area contributed by atoms with Crippen molar-refractivity contribution in [2.45, 2.75) is 25.4 Å². The van der Waals surface area contributed by atoms with E-state index in [1.54, 1.807) is 0 Å². The molecule has 0 unspecified atom stereocenters. The Balaban J connectivity index is 2.53. The summed E-state index contributed by atoms with van der Waals surface area (Å²) < 4.78 is 35.3. The van der Waals surface area contributed by atoms with E-state index in [9.17, 15) is 18.0 Å². The van der Waals surface area contributed by atoms with Crippen LogP contribution in [0.3, 0.4) is 0 Å². The molecule has 1 nitrogen and oxygen atoms in total. The van der Waals surface area contributed by atoms with E-state index in [0.717, 1.165) is 0 Å². The van der Waals surface area contributed by atoms with Crippen LogP contribution in [0.5, 0.6) is 0 Å². The highest BCUT2D eigenvalue weighted by atomic mass is 19.4. The molecule has 0 amide bonds. The third-order valence-corrected chi connectivity index (χ3v) is 1.71. The van der Waals surface area contributed by atoms with Gasteiger partial charge in [0.15, 0.2) is 0 Å². The van der Waals surface area contributed by atoms with Gasteiger partial charge in [0.05, 0.1) is 5.92 Å². The second kappa shape index (κ2) is 2.25. The maximum absolute atomic E-state index is 11.8. The summed E-state index contributed by atoms with van der Waals surface area (Å²) in [4.78, 5) is 10.4. The average Bonchev–Trinajstić information content (AvgIpc) is 2.11. The molecule has 10 heavy (non-hydrogen) atoms. The summed E-state index contributed by atoms with van der Waals surface area (Å²) in [5, 5.41) is 0. The Bertz CT molecular complexity index is 150. The van der Waals surface area contributed by atoms with E-state index >= 15 is 0 Å². The molecule has 0 spiro atoms. The van der Waals surface area contributed by atoms with Gasteiger partial charge in [0.25, 0.3) is 0 Å².